The Morgan fingerprint density at radius 3 is 2.45 bits per heavy atom. The third-order valence-electron chi connectivity index (χ3n) is 6.17. The van der Waals surface area contributed by atoms with Gasteiger partial charge in [0.15, 0.2) is 0 Å². The number of nitrogens with zero attached hydrogens (tertiary/aromatic N) is 4. The molecule has 0 unspecified atom stereocenters. The molecule has 1 fully saturated rings. The van der Waals surface area contributed by atoms with Crippen molar-refractivity contribution in [2.75, 3.05) is 39.8 Å². The summed E-state index contributed by atoms with van der Waals surface area (Å²) in [5.74, 6) is 0.215. The number of carbonyl (C=O) groups excluding carboxylic acids is 2. The van der Waals surface area contributed by atoms with Crippen LogP contribution >= 0.6 is 0 Å². The van der Waals surface area contributed by atoms with E-state index in [-0.39, 0.29) is 17.9 Å². The Hall–Kier alpha value is -2.83. The van der Waals surface area contributed by atoms with Gasteiger partial charge >= 0.3 is 6.03 Å². The number of aromatic nitrogens is 2. The number of benzene rings is 1. The standard InChI is InChI=1S/C24H35N5O2/c1-4-28(5-2)24(31)29-16-13-20(14-17-29)23(30)27(3)15-9-12-21-18-22(26-25-21)19-10-7-6-8-11-19/h6-8,10-11,18,20H,4-5,9,12-17H2,1-3H3,(H,25,26). The number of carbonyl (C=O) groups is 2. The highest BCUT2D eigenvalue weighted by molar-refractivity contribution is 5.79. The summed E-state index contributed by atoms with van der Waals surface area (Å²) < 4.78 is 0. The van der Waals surface area contributed by atoms with Crippen molar-refractivity contribution in [3.63, 3.8) is 0 Å². The predicted molar refractivity (Wildman–Crippen MR) is 123 cm³/mol. The van der Waals surface area contributed by atoms with E-state index in [1.165, 1.54) is 0 Å². The Bertz CT molecular complexity index is 839. The minimum atomic E-state index is 0.0163. The van der Waals surface area contributed by atoms with Gasteiger partial charge in [-0.3, -0.25) is 9.89 Å². The number of likely N-dealkylation sites (tertiary alicyclic amines) is 1. The molecule has 2 aromatic rings. The van der Waals surface area contributed by atoms with Crippen LogP contribution in [0, 0.1) is 5.92 Å². The van der Waals surface area contributed by atoms with E-state index in [0.717, 1.165) is 62.3 Å². The smallest absolute Gasteiger partial charge is 0.319 e. The molecule has 0 aliphatic carbocycles. The van der Waals surface area contributed by atoms with Crippen LogP contribution in [0.3, 0.4) is 0 Å². The average Bonchev–Trinajstić information content (AvgIpc) is 3.29. The van der Waals surface area contributed by atoms with E-state index in [9.17, 15) is 9.59 Å². The van der Waals surface area contributed by atoms with Gasteiger partial charge in [0.05, 0.1) is 5.69 Å². The topological polar surface area (TPSA) is 72.5 Å². The van der Waals surface area contributed by atoms with Gasteiger partial charge in [-0.2, -0.15) is 5.10 Å². The third-order valence-corrected chi connectivity index (χ3v) is 6.17. The molecule has 3 rings (SSSR count). The molecule has 0 saturated carbocycles. The van der Waals surface area contributed by atoms with Gasteiger partial charge in [0.25, 0.3) is 0 Å². The van der Waals surface area contributed by atoms with Crippen molar-refractivity contribution in [2.45, 2.75) is 39.5 Å². The van der Waals surface area contributed by atoms with Crippen molar-refractivity contribution < 1.29 is 9.59 Å². The van der Waals surface area contributed by atoms with Gasteiger partial charge in [-0.1, -0.05) is 30.3 Å². The number of aromatic amines is 1. The van der Waals surface area contributed by atoms with E-state index >= 15 is 0 Å². The lowest BCUT2D eigenvalue weighted by molar-refractivity contribution is -0.135. The first-order valence-electron chi connectivity index (χ1n) is 11.4. The molecular weight excluding hydrogens is 390 g/mol. The molecular formula is C24H35N5O2. The van der Waals surface area contributed by atoms with Crippen LogP contribution in [0.1, 0.15) is 38.8 Å². The molecule has 168 valence electrons. The van der Waals surface area contributed by atoms with Crippen molar-refractivity contribution in [3.8, 4) is 11.3 Å². The van der Waals surface area contributed by atoms with Crippen LogP contribution < -0.4 is 0 Å². The molecule has 1 aliphatic heterocycles. The van der Waals surface area contributed by atoms with Crippen LogP contribution in [0.4, 0.5) is 4.79 Å². The van der Waals surface area contributed by atoms with Gasteiger partial charge in [-0.05, 0) is 45.6 Å². The van der Waals surface area contributed by atoms with Crippen LogP contribution in [-0.2, 0) is 11.2 Å². The highest BCUT2D eigenvalue weighted by atomic mass is 16.2. The Morgan fingerprint density at radius 2 is 1.81 bits per heavy atom. The molecule has 31 heavy (non-hydrogen) atoms. The summed E-state index contributed by atoms with van der Waals surface area (Å²) in [7, 11) is 1.89. The number of rotatable bonds is 8. The molecule has 2 heterocycles. The van der Waals surface area contributed by atoms with Crippen LogP contribution in [-0.4, -0.2) is 76.6 Å². The Kier molecular flexibility index (Phi) is 8.09. The van der Waals surface area contributed by atoms with E-state index in [4.69, 9.17) is 0 Å². The summed E-state index contributed by atoms with van der Waals surface area (Å²) in [4.78, 5) is 30.9. The summed E-state index contributed by atoms with van der Waals surface area (Å²) in [5.41, 5.74) is 3.14. The van der Waals surface area contributed by atoms with Crippen molar-refractivity contribution in [1.29, 1.82) is 0 Å². The summed E-state index contributed by atoms with van der Waals surface area (Å²) >= 11 is 0. The fraction of sp³-hybridized carbons (Fsp3) is 0.542. The molecule has 1 aliphatic rings. The SMILES string of the molecule is CCN(CC)C(=O)N1CCC(C(=O)N(C)CCCc2cc(-c3ccccc3)n[nH]2)CC1. The maximum atomic E-state index is 12.8. The Morgan fingerprint density at radius 1 is 1.13 bits per heavy atom. The Balaban J connectivity index is 1.41. The van der Waals surface area contributed by atoms with Crippen molar-refractivity contribution in [1.82, 2.24) is 24.9 Å². The van der Waals surface area contributed by atoms with Crippen molar-refractivity contribution >= 4 is 11.9 Å². The van der Waals surface area contributed by atoms with E-state index in [1.54, 1.807) is 0 Å². The van der Waals surface area contributed by atoms with E-state index < -0.39 is 0 Å². The highest BCUT2D eigenvalue weighted by Crippen LogP contribution is 2.21. The van der Waals surface area contributed by atoms with Gasteiger partial charge in [-0.15, -0.1) is 0 Å². The molecule has 0 bridgehead atoms. The molecule has 3 amide bonds. The highest BCUT2D eigenvalue weighted by Gasteiger charge is 2.30. The molecule has 0 spiro atoms. The molecule has 1 saturated heterocycles. The summed E-state index contributed by atoms with van der Waals surface area (Å²) in [5, 5.41) is 7.51. The monoisotopic (exact) mass is 425 g/mol. The first-order valence-corrected chi connectivity index (χ1v) is 11.4. The second-order valence-corrected chi connectivity index (χ2v) is 8.22. The summed E-state index contributed by atoms with van der Waals surface area (Å²) in [6.45, 7) is 7.49. The molecule has 1 aromatic heterocycles. The minimum absolute atomic E-state index is 0.0163. The maximum Gasteiger partial charge on any atom is 0.319 e. The van der Waals surface area contributed by atoms with Gasteiger partial charge in [0, 0.05) is 56.9 Å². The zero-order valence-electron chi connectivity index (χ0n) is 19.0. The number of urea groups is 1. The van der Waals surface area contributed by atoms with Crippen LogP contribution in [0.2, 0.25) is 0 Å². The average molecular weight is 426 g/mol. The second-order valence-electron chi connectivity index (χ2n) is 8.22. The van der Waals surface area contributed by atoms with Crippen LogP contribution in [0.15, 0.2) is 36.4 Å². The molecule has 0 atom stereocenters. The normalized spacial score (nSPS) is 14.5. The fourth-order valence-corrected chi connectivity index (χ4v) is 4.19. The number of hydrogen-bond acceptors (Lipinski definition) is 3. The first-order chi connectivity index (χ1) is 15.0. The summed E-state index contributed by atoms with van der Waals surface area (Å²) in [6, 6.07) is 12.3. The quantitative estimate of drug-likeness (QED) is 0.702. The molecule has 1 N–H and O–H groups in total. The summed E-state index contributed by atoms with van der Waals surface area (Å²) in [6.07, 6.45) is 3.24. The van der Waals surface area contributed by atoms with E-state index in [2.05, 4.69) is 16.3 Å². The van der Waals surface area contributed by atoms with Gasteiger partial charge in [0.1, 0.15) is 0 Å². The van der Waals surface area contributed by atoms with Gasteiger partial charge in [-0.25, -0.2) is 4.79 Å². The number of nitrogens with one attached hydrogen (secondary N) is 1. The number of hydrogen-bond donors (Lipinski definition) is 1. The first kappa shape index (κ1) is 22.8. The third kappa shape index (κ3) is 5.87. The molecule has 7 heteroatoms. The fourth-order valence-electron chi connectivity index (χ4n) is 4.19. The lowest BCUT2D eigenvalue weighted by Crippen LogP contribution is -2.48. The second kappa shape index (κ2) is 11.0. The number of H-pyrrole nitrogens is 1. The van der Waals surface area contributed by atoms with Crippen molar-refractivity contribution in [2.24, 2.45) is 5.92 Å². The predicted octanol–water partition coefficient (Wildman–Crippen LogP) is 3.64. The number of piperidine rings is 1. The molecule has 7 nitrogen and oxygen atoms in total. The largest absolute Gasteiger partial charge is 0.346 e. The zero-order chi connectivity index (χ0) is 22.2. The van der Waals surface area contributed by atoms with Crippen LogP contribution in [0.25, 0.3) is 11.3 Å². The van der Waals surface area contributed by atoms with Gasteiger partial charge in [0.2, 0.25) is 5.91 Å². The lowest BCUT2D eigenvalue weighted by atomic mass is 9.95. The molecule has 0 radical (unpaired) electrons. The van der Waals surface area contributed by atoms with Crippen molar-refractivity contribution in [3.05, 3.63) is 42.1 Å². The van der Waals surface area contributed by atoms with E-state index in [0.29, 0.717) is 13.1 Å². The number of amides is 3. The Labute approximate surface area is 185 Å². The maximum absolute atomic E-state index is 12.8. The van der Waals surface area contributed by atoms with Crippen LogP contribution in [0.5, 0.6) is 0 Å². The van der Waals surface area contributed by atoms with E-state index in [1.807, 2.05) is 65.9 Å². The van der Waals surface area contributed by atoms with Gasteiger partial charge < -0.3 is 14.7 Å². The zero-order valence-corrected chi connectivity index (χ0v) is 19.0. The number of aryl methyl sites for hydroxylation is 1. The lowest BCUT2D eigenvalue weighted by Gasteiger charge is -2.35. The minimum Gasteiger partial charge on any atom is -0.346 e. The molecule has 1 aromatic carbocycles.